The molecule has 0 aliphatic carbocycles. The van der Waals surface area contributed by atoms with Crippen molar-refractivity contribution in [1.82, 2.24) is 39.7 Å². The number of rotatable bonds is 6. The third-order valence-electron chi connectivity index (χ3n) is 5.25. The lowest BCUT2D eigenvalue weighted by molar-refractivity contribution is 1.02. The predicted octanol–water partition coefficient (Wildman–Crippen LogP) is 4.02. The van der Waals surface area contributed by atoms with Crippen LogP contribution in [0.15, 0.2) is 55.4 Å². The molecule has 0 amide bonds. The van der Waals surface area contributed by atoms with Gasteiger partial charge in [-0.3, -0.25) is 10.1 Å². The van der Waals surface area contributed by atoms with E-state index in [1.165, 1.54) is 6.21 Å². The summed E-state index contributed by atoms with van der Waals surface area (Å²) < 4.78 is 1.88. The zero-order chi connectivity index (χ0) is 22.1. The van der Waals surface area contributed by atoms with Gasteiger partial charge in [-0.2, -0.15) is 5.10 Å². The minimum absolute atomic E-state index is 0.615. The van der Waals surface area contributed by atoms with Gasteiger partial charge in [0.25, 0.3) is 0 Å². The molecule has 0 unspecified atom stereocenters. The number of allylic oxidation sites excluding steroid dienone is 1. The summed E-state index contributed by atoms with van der Waals surface area (Å²) in [7, 11) is 0. The lowest BCUT2D eigenvalue weighted by Gasteiger charge is -2.06. The molecule has 0 radical (unpaired) electrons. The molecule has 0 aliphatic heterocycles. The molecule has 5 heterocycles. The summed E-state index contributed by atoms with van der Waals surface area (Å²) in [6.07, 6.45) is 12.7. The number of aromatic amines is 2. The molecular weight excluding hydrogens is 402 g/mol. The van der Waals surface area contributed by atoms with Crippen molar-refractivity contribution in [3.63, 3.8) is 0 Å². The molecule has 32 heavy (non-hydrogen) atoms. The van der Waals surface area contributed by atoms with Crippen molar-refractivity contribution in [3.05, 3.63) is 72.5 Å². The lowest BCUT2D eigenvalue weighted by atomic mass is 10.1. The Kier molecular flexibility index (Phi) is 4.91. The van der Waals surface area contributed by atoms with Gasteiger partial charge in [0.1, 0.15) is 11.4 Å². The van der Waals surface area contributed by atoms with Gasteiger partial charge >= 0.3 is 0 Å². The predicted molar refractivity (Wildman–Crippen MR) is 123 cm³/mol. The second-order valence-electron chi connectivity index (χ2n) is 7.34. The zero-order valence-electron chi connectivity index (χ0n) is 17.7. The Morgan fingerprint density at radius 1 is 1.22 bits per heavy atom. The minimum Gasteiger partial charge on any atom is -0.340 e. The maximum atomic E-state index is 7.62. The monoisotopic (exact) mass is 423 g/mol. The van der Waals surface area contributed by atoms with Gasteiger partial charge in [-0.1, -0.05) is 13.0 Å². The first-order valence-electron chi connectivity index (χ1n) is 10.2. The highest BCUT2D eigenvalue weighted by Crippen LogP contribution is 2.30. The molecule has 5 aromatic heterocycles. The second kappa shape index (κ2) is 8.03. The first-order valence-corrected chi connectivity index (χ1v) is 10.2. The number of fused-ring (bicyclic) bond motifs is 1. The minimum atomic E-state index is 0.615. The van der Waals surface area contributed by atoms with Gasteiger partial charge in [0.2, 0.25) is 0 Å². The number of nitrogens with one attached hydrogen (secondary N) is 3. The summed E-state index contributed by atoms with van der Waals surface area (Å²) in [4.78, 5) is 21.3. The van der Waals surface area contributed by atoms with Crippen molar-refractivity contribution in [2.45, 2.75) is 20.3 Å². The van der Waals surface area contributed by atoms with E-state index in [4.69, 9.17) is 10.4 Å². The number of H-pyrrole nitrogens is 2. The lowest BCUT2D eigenvalue weighted by Crippen LogP contribution is -2.00. The van der Waals surface area contributed by atoms with Crippen molar-refractivity contribution in [2.75, 3.05) is 0 Å². The highest BCUT2D eigenvalue weighted by atomic mass is 15.2. The number of aryl methyl sites for hydroxylation is 2. The summed E-state index contributed by atoms with van der Waals surface area (Å²) in [6, 6.07) is 5.94. The van der Waals surface area contributed by atoms with Gasteiger partial charge in [0.05, 0.1) is 23.1 Å². The molecular formula is C23H21N9. The molecule has 0 aliphatic rings. The Morgan fingerprint density at radius 3 is 2.84 bits per heavy atom. The van der Waals surface area contributed by atoms with Crippen molar-refractivity contribution >= 4 is 22.9 Å². The van der Waals surface area contributed by atoms with E-state index in [0.29, 0.717) is 11.5 Å². The number of hydrogen-bond donors (Lipinski definition) is 3. The van der Waals surface area contributed by atoms with Crippen molar-refractivity contribution in [1.29, 1.82) is 5.41 Å². The summed E-state index contributed by atoms with van der Waals surface area (Å²) in [5.41, 5.74) is 6.70. The topological polar surface area (TPSA) is 125 Å². The van der Waals surface area contributed by atoms with E-state index in [9.17, 15) is 0 Å². The Bertz CT molecular complexity index is 1440. The van der Waals surface area contributed by atoms with Crippen LogP contribution in [-0.2, 0) is 6.42 Å². The van der Waals surface area contributed by atoms with E-state index >= 15 is 0 Å². The Labute approximate surface area is 183 Å². The van der Waals surface area contributed by atoms with Gasteiger partial charge in [0, 0.05) is 47.8 Å². The van der Waals surface area contributed by atoms with E-state index in [0.717, 1.165) is 51.4 Å². The normalized spacial score (nSPS) is 11.9. The second-order valence-corrected chi connectivity index (χ2v) is 7.34. The molecule has 9 heteroatoms. The van der Waals surface area contributed by atoms with E-state index < -0.39 is 0 Å². The molecule has 158 valence electrons. The van der Waals surface area contributed by atoms with Gasteiger partial charge in [-0.25, -0.2) is 15.0 Å². The quantitative estimate of drug-likeness (QED) is 0.356. The molecule has 0 aromatic carbocycles. The smallest absolute Gasteiger partial charge is 0.181 e. The van der Waals surface area contributed by atoms with Crippen molar-refractivity contribution in [2.24, 2.45) is 0 Å². The molecule has 5 rings (SSSR count). The fourth-order valence-electron chi connectivity index (χ4n) is 3.69. The first-order chi connectivity index (χ1) is 15.7. The van der Waals surface area contributed by atoms with Crippen LogP contribution in [0.3, 0.4) is 0 Å². The number of aromatic nitrogens is 8. The van der Waals surface area contributed by atoms with E-state index in [-0.39, 0.29) is 0 Å². The van der Waals surface area contributed by atoms with Crippen LogP contribution in [0, 0.1) is 12.3 Å². The molecule has 5 aromatic rings. The summed E-state index contributed by atoms with van der Waals surface area (Å²) in [5, 5.41) is 15.9. The third-order valence-corrected chi connectivity index (χ3v) is 5.25. The van der Waals surface area contributed by atoms with Crippen LogP contribution < -0.4 is 0 Å². The van der Waals surface area contributed by atoms with Gasteiger partial charge in [0.15, 0.2) is 11.5 Å². The molecule has 0 saturated carbocycles. The van der Waals surface area contributed by atoms with E-state index in [1.54, 1.807) is 24.8 Å². The fraction of sp³-hybridized carbons (Fsp3) is 0.130. The van der Waals surface area contributed by atoms with Crippen LogP contribution >= 0.6 is 0 Å². The average molecular weight is 423 g/mol. The Hall–Kier alpha value is -4.40. The highest BCUT2D eigenvalue weighted by Gasteiger charge is 2.19. The summed E-state index contributed by atoms with van der Waals surface area (Å²) in [5.74, 6) is 0.664. The first kappa shape index (κ1) is 19.6. The summed E-state index contributed by atoms with van der Waals surface area (Å²) >= 11 is 0. The van der Waals surface area contributed by atoms with Gasteiger partial charge in [-0.15, -0.1) is 0 Å². The van der Waals surface area contributed by atoms with Crippen molar-refractivity contribution in [3.8, 4) is 22.6 Å². The van der Waals surface area contributed by atoms with Crippen LogP contribution in [-0.4, -0.2) is 45.9 Å². The molecule has 0 atom stereocenters. The maximum Gasteiger partial charge on any atom is 0.181 e. The number of hydrogen-bond acceptors (Lipinski definition) is 6. The highest BCUT2D eigenvalue weighted by molar-refractivity contribution is 5.92. The standard InChI is InChI=1S/C23H21N9/c1-3-18-21(19(6-7-24)32-12-14(2)27-13-32)29-23(28-18)20-17-9-16(11-26-22(17)31-30-20)15-5-4-8-25-10-15/h4-13,24H,3H2,1-2H3,(H,28,29)(H,26,30,31)/b19-6+,24-7?. The van der Waals surface area contributed by atoms with E-state index in [2.05, 4.69) is 37.1 Å². The van der Waals surface area contributed by atoms with Crippen LogP contribution in [0.5, 0.6) is 0 Å². The van der Waals surface area contributed by atoms with Gasteiger partial charge in [-0.05, 0) is 31.6 Å². The zero-order valence-corrected chi connectivity index (χ0v) is 17.7. The molecule has 0 fully saturated rings. The number of imidazole rings is 2. The maximum absolute atomic E-state index is 7.62. The molecule has 0 saturated heterocycles. The number of pyridine rings is 2. The third kappa shape index (κ3) is 3.39. The molecule has 3 N–H and O–H groups in total. The van der Waals surface area contributed by atoms with Crippen LogP contribution in [0.2, 0.25) is 0 Å². The van der Waals surface area contributed by atoms with Gasteiger partial charge < -0.3 is 15.0 Å². The largest absolute Gasteiger partial charge is 0.340 e. The Morgan fingerprint density at radius 2 is 2.12 bits per heavy atom. The molecule has 0 bridgehead atoms. The van der Waals surface area contributed by atoms with Crippen LogP contribution in [0.4, 0.5) is 0 Å². The SMILES string of the molecule is CCc1[nH]c(-c2[nH]nc3ncc(-c4cccnc4)cc23)nc1/C(=C\C=N)n1cnc(C)c1. The fourth-order valence-corrected chi connectivity index (χ4v) is 3.69. The average Bonchev–Trinajstić information content (AvgIpc) is 3.55. The molecule has 0 spiro atoms. The number of nitrogens with zero attached hydrogens (tertiary/aromatic N) is 6. The Balaban J connectivity index is 1.64. The van der Waals surface area contributed by atoms with Crippen LogP contribution in [0.25, 0.3) is 39.4 Å². The van der Waals surface area contributed by atoms with Crippen LogP contribution in [0.1, 0.15) is 24.0 Å². The van der Waals surface area contributed by atoms with E-state index in [1.807, 2.05) is 42.1 Å². The summed E-state index contributed by atoms with van der Waals surface area (Å²) in [6.45, 7) is 3.99. The van der Waals surface area contributed by atoms with Crippen molar-refractivity contribution < 1.29 is 0 Å². The molecule has 9 nitrogen and oxygen atoms in total.